The summed E-state index contributed by atoms with van der Waals surface area (Å²) in [5, 5.41) is 12.3. The first-order valence-corrected chi connectivity index (χ1v) is 6.18. The lowest BCUT2D eigenvalue weighted by Gasteiger charge is -2.14. The van der Waals surface area contributed by atoms with Gasteiger partial charge < -0.3 is 10.4 Å². The summed E-state index contributed by atoms with van der Waals surface area (Å²) in [4.78, 5) is 11.2. The number of rotatable bonds is 5. The Balaban J connectivity index is 2.07. The van der Waals surface area contributed by atoms with E-state index in [0.29, 0.717) is 5.92 Å². The molecule has 1 fully saturated rings. The first-order valence-electron chi connectivity index (χ1n) is 5.38. The molecule has 1 atom stereocenters. The average molecular weight is 284 g/mol. The van der Waals surface area contributed by atoms with Gasteiger partial charge in [0.15, 0.2) is 0 Å². The van der Waals surface area contributed by atoms with Gasteiger partial charge in [0, 0.05) is 4.47 Å². The van der Waals surface area contributed by atoms with Crippen LogP contribution in [0, 0.1) is 5.92 Å². The molecule has 0 aromatic heterocycles. The average Bonchev–Trinajstić information content (AvgIpc) is 3.01. The van der Waals surface area contributed by atoms with Crippen LogP contribution in [-0.2, 0) is 4.79 Å². The normalized spacial score (nSPS) is 17.1. The van der Waals surface area contributed by atoms with Crippen LogP contribution in [0.4, 0.5) is 0 Å². The van der Waals surface area contributed by atoms with Gasteiger partial charge in [-0.3, -0.25) is 4.79 Å². The Labute approximate surface area is 103 Å². The van der Waals surface area contributed by atoms with Crippen molar-refractivity contribution >= 4 is 21.9 Å². The van der Waals surface area contributed by atoms with E-state index in [2.05, 4.69) is 21.2 Å². The topological polar surface area (TPSA) is 49.3 Å². The number of carboxylic acids is 1. The molecule has 0 bridgehead atoms. The van der Waals surface area contributed by atoms with Gasteiger partial charge in [-0.25, -0.2) is 0 Å². The van der Waals surface area contributed by atoms with Crippen molar-refractivity contribution in [3.05, 3.63) is 34.3 Å². The van der Waals surface area contributed by atoms with E-state index >= 15 is 0 Å². The summed E-state index contributed by atoms with van der Waals surface area (Å²) in [6.45, 7) is 0.795. The van der Waals surface area contributed by atoms with E-state index in [0.717, 1.165) is 16.6 Å². The van der Waals surface area contributed by atoms with Crippen LogP contribution in [0.1, 0.15) is 24.4 Å². The van der Waals surface area contributed by atoms with Crippen molar-refractivity contribution in [1.29, 1.82) is 0 Å². The van der Waals surface area contributed by atoms with E-state index in [9.17, 15) is 9.90 Å². The molecule has 1 aromatic rings. The van der Waals surface area contributed by atoms with E-state index in [1.807, 2.05) is 24.3 Å². The van der Waals surface area contributed by atoms with Gasteiger partial charge in [0.25, 0.3) is 0 Å². The second-order valence-corrected chi connectivity index (χ2v) is 5.09. The Morgan fingerprint density at radius 2 is 2.31 bits per heavy atom. The quantitative estimate of drug-likeness (QED) is 0.873. The van der Waals surface area contributed by atoms with Gasteiger partial charge >= 0.3 is 5.97 Å². The highest BCUT2D eigenvalue weighted by molar-refractivity contribution is 9.10. The molecular weight excluding hydrogens is 270 g/mol. The number of carbonyl (C=O) groups is 1. The fourth-order valence-corrected chi connectivity index (χ4v) is 2.06. The van der Waals surface area contributed by atoms with Crippen LogP contribution in [0.3, 0.4) is 0 Å². The number of nitrogens with one attached hydrogen (secondary N) is 1. The molecule has 1 unspecified atom stereocenters. The van der Waals surface area contributed by atoms with Gasteiger partial charge in [-0.2, -0.15) is 0 Å². The molecule has 4 heteroatoms. The van der Waals surface area contributed by atoms with Gasteiger partial charge in [-0.1, -0.05) is 28.1 Å². The number of carboxylic acid groups (broad SMARTS) is 1. The van der Waals surface area contributed by atoms with Crippen molar-refractivity contribution in [3.8, 4) is 0 Å². The van der Waals surface area contributed by atoms with Crippen LogP contribution >= 0.6 is 15.9 Å². The molecule has 0 aliphatic heterocycles. The third kappa shape index (κ3) is 3.06. The number of halogens is 1. The fraction of sp³-hybridized carbons (Fsp3) is 0.417. The van der Waals surface area contributed by atoms with Gasteiger partial charge in [-0.15, -0.1) is 0 Å². The second-order valence-electron chi connectivity index (χ2n) is 4.18. The van der Waals surface area contributed by atoms with E-state index < -0.39 is 12.0 Å². The lowest BCUT2D eigenvalue weighted by Crippen LogP contribution is -2.30. The zero-order valence-corrected chi connectivity index (χ0v) is 10.4. The molecule has 0 heterocycles. The number of hydrogen-bond acceptors (Lipinski definition) is 2. The van der Waals surface area contributed by atoms with Crippen molar-refractivity contribution in [2.75, 3.05) is 6.54 Å². The predicted octanol–water partition coefficient (Wildman–Crippen LogP) is 2.57. The van der Waals surface area contributed by atoms with Crippen LogP contribution in [0.5, 0.6) is 0 Å². The van der Waals surface area contributed by atoms with Crippen LogP contribution in [0.25, 0.3) is 0 Å². The van der Waals surface area contributed by atoms with Crippen LogP contribution in [-0.4, -0.2) is 17.6 Å². The molecule has 0 radical (unpaired) electrons. The van der Waals surface area contributed by atoms with E-state index in [-0.39, 0.29) is 0 Å². The zero-order chi connectivity index (χ0) is 11.5. The smallest absolute Gasteiger partial charge is 0.325 e. The molecule has 0 saturated heterocycles. The summed E-state index contributed by atoms with van der Waals surface area (Å²) in [6.07, 6.45) is 2.44. The molecular formula is C12H14BrNO2. The summed E-state index contributed by atoms with van der Waals surface area (Å²) in [5.74, 6) is -0.146. The highest BCUT2D eigenvalue weighted by atomic mass is 79.9. The maximum atomic E-state index is 11.2. The fourth-order valence-electron chi connectivity index (χ4n) is 1.64. The Bertz CT molecular complexity index is 390. The van der Waals surface area contributed by atoms with Gasteiger partial charge in [0.2, 0.25) is 0 Å². The van der Waals surface area contributed by atoms with Gasteiger partial charge in [-0.05, 0) is 43.0 Å². The summed E-state index contributed by atoms with van der Waals surface area (Å²) in [6, 6.07) is 6.83. The van der Waals surface area contributed by atoms with Crippen molar-refractivity contribution in [2.24, 2.45) is 5.92 Å². The lowest BCUT2D eigenvalue weighted by molar-refractivity contribution is -0.139. The minimum absolute atomic E-state index is 0.599. The standard InChI is InChI=1S/C12H14BrNO2/c13-10-3-1-2-9(6-10)11(12(15)16)14-7-8-4-5-8/h1-3,6,8,11,14H,4-5,7H2,(H,15,16). The zero-order valence-electron chi connectivity index (χ0n) is 8.82. The van der Waals surface area contributed by atoms with E-state index in [1.54, 1.807) is 0 Å². The molecule has 0 amide bonds. The summed E-state index contributed by atoms with van der Waals surface area (Å²) < 4.78 is 0.907. The lowest BCUT2D eigenvalue weighted by atomic mass is 10.1. The Morgan fingerprint density at radius 1 is 1.56 bits per heavy atom. The van der Waals surface area contributed by atoms with E-state index in [4.69, 9.17) is 0 Å². The maximum Gasteiger partial charge on any atom is 0.325 e. The molecule has 1 aliphatic rings. The third-order valence-electron chi connectivity index (χ3n) is 2.74. The van der Waals surface area contributed by atoms with E-state index in [1.165, 1.54) is 12.8 Å². The van der Waals surface area contributed by atoms with Crippen LogP contribution < -0.4 is 5.32 Å². The minimum Gasteiger partial charge on any atom is -0.480 e. The number of hydrogen-bond donors (Lipinski definition) is 2. The number of benzene rings is 1. The molecule has 1 aliphatic carbocycles. The largest absolute Gasteiger partial charge is 0.480 e. The highest BCUT2D eigenvalue weighted by Crippen LogP contribution is 2.29. The van der Waals surface area contributed by atoms with Gasteiger partial charge in [0.1, 0.15) is 6.04 Å². The molecule has 16 heavy (non-hydrogen) atoms. The first-order chi connectivity index (χ1) is 7.66. The monoisotopic (exact) mass is 283 g/mol. The molecule has 1 aromatic carbocycles. The molecule has 0 spiro atoms. The minimum atomic E-state index is -0.821. The predicted molar refractivity (Wildman–Crippen MR) is 65.2 cm³/mol. The van der Waals surface area contributed by atoms with Crippen molar-refractivity contribution in [3.63, 3.8) is 0 Å². The molecule has 2 rings (SSSR count). The number of aliphatic carboxylic acids is 1. The first kappa shape index (κ1) is 11.6. The molecule has 1 saturated carbocycles. The Hall–Kier alpha value is -0.870. The Kier molecular flexibility index (Phi) is 3.61. The van der Waals surface area contributed by atoms with Gasteiger partial charge in [0.05, 0.1) is 0 Å². The highest BCUT2D eigenvalue weighted by Gasteiger charge is 2.25. The summed E-state index contributed by atoms with van der Waals surface area (Å²) in [7, 11) is 0. The summed E-state index contributed by atoms with van der Waals surface area (Å²) >= 11 is 3.35. The van der Waals surface area contributed by atoms with Crippen molar-refractivity contribution in [1.82, 2.24) is 5.32 Å². The Morgan fingerprint density at radius 3 is 2.88 bits per heavy atom. The van der Waals surface area contributed by atoms with Crippen molar-refractivity contribution in [2.45, 2.75) is 18.9 Å². The molecule has 3 nitrogen and oxygen atoms in total. The molecule has 86 valence electrons. The van der Waals surface area contributed by atoms with Crippen molar-refractivity contribution < 1.29 is 9.90 Å². The van der Waals surface area contributed by atoms with Crippen LogP contribution in [0.15, 0.2) is 28.7 Å². The SMILES string of the molecule is O=C(O)C(NCC1CC1)c1cccc(Br)c1. The summed E-state index contributed by atoms with van der Waals surface area (Å²) in [5.41, 5.74) is 0.794. The second kappa shape index (κ2) is 4.97. The van der Waals surface area contributed by atoms with Crippen LogP contribution in [0.2, 0.25) is 0 Å². The third-order valence-corrected chi connectivity index (χ3v) is 3.23. The molecule has 2 N–H and O–H groups in total. The maximum absolute atomic E-state index is 11.2.